The van der Waals surface area contributed by atoms with Gasteiger partial charge in [0, 0.05) is 50.1 Å². The van der Waals surface area contributed by atoms with Gasteiger partial charge in [-0.15, -0.1) is 0 Å². The number of aromatic nitrogens is 2. The first kappa shape index (κ1) is 22.1. The molecule has 0 bridgehead atoms. The number of fused-ring (bicyclic) bond motifs is 1. The molecule has 0 unspecified atom stereocenters. The number of rotatable bonds is 4. The summed E-state index contributed by atoms with van der Waals surface area (Å²) >= 11 is 0. The van der Waals surface area contributed by atoms with Crippen molar-refractivity contribution in [2.75, 3.05) is 26.2 Å². The minimum absolute atomic E-state index is 0.0303. The topological polar surface area (TPSA) is 58.6 Å². The lowest BCUT2D eigenvalue weighted by molar-refractivity contribution is -0.140. The largest absolute Gasteiger partial charge is 0.472 e. The van der Waals surface area contributed by atoms with E-state index in [1.54, 1.807) is 17.3 Å². The highest BCUT2D eigenvalue weighted by atomic mass is 19.4. The van der Waals surface area contributed by atoms with Crippen LogP contribution in [0, 0.1) is 5.82 Å². The number of carbonyl (C=O) groups is 1. The van der Waals surface area contributed by atoms with Gasteiger partial charge in [-0.25, -0.2) is 9.37 Å². The normalized spacial score (nSPS) is 23.8. The maximum absolute atomic E-state index is 13.6. The molecule has 0 N–H and O–H groups in total. The van der Waals surface area contributed by atoms with Crippen LogP contribution >= 0.6 is 0 Å². The average molecular weight is 464 g/mol. The fourth-order valence-corrected chi connectivity index (χ4v) is 4.69. The van der Waals surface area contributed by atoms with Crippen molar-refractivity contribution in [1.29, 1.82) is 0 Å². The number of nitrogens with zero attached hydrogens (tertiary/aromatic N) is 4. The molecule has 1 amide bonds. The first-order valence-corrected chi connectivity index (χ1v) is 11.2. The van der Waals surface area contributed by atoms with Crippen LogP contribution in [0.2, 0.25) is 0 Å². The molecule has 2 atom stereocenters. The van der Waals surface area contributed by atoms with Crippen molar-refractivity contribution >= 4 is 5.91 Å². The third kappa shape index (κ3) is 4.80. The Morgan fingerprint density at radius 1 is 1.09 bits per heavy atom. The second-order valence-electron chi connectivity index (χ2n) is 8.98. The molecule has 2 saturated heterocycles. The molecule has 1 aromatic heterocycles. The molecule has 5 rings (SSSR count). The van der Waals surface area contributed by atoms with E-state index in [0.717, 1.165) is 31.1 Å². The Morgan fingerprint density at radius 3 is 2.61 bits per heavy atom. The molecule has 3 heterocycles. The Balaban J connectivity index is 1.24. The fraction of sp³-hybridized carbons (Fsp3) is 0.522. The van der Waals surface area contributed by atoms with E-state index in [1.807, 2.05) is 0 Å². The van der Waals surface area contributed by atoms with Crippen LogP contribution < -0.4 is 4.74 Å². The van der Waals surface area contributed by atoms with Gasteiger partial charge in [-0.3, -0.25) is 14.7 Å². The molecule has 1 saturated carbocycles. The molecule has 2 aromatic rings. The van der Waals surface area contributed by atoms with Gasteiger partial charge in [0.25, 0.3) is 5.91 Å². The number of ether oxygens (including phenoxy) is 1. The summed E-state index contributed by atoms with van der Waals surface area (Å²) in [6.07, 6.45) is 2.13. The fourth-order valence-electron chi connectivity index (χ4n) is 4.69. The summed E-state index contributed by atoms with van der Waals surface area (Å²) in [5.41, 5.74) is -0.590. The standard InChI is InChI=1S/C23H24F4N4O2/c24-19-5-4-15(8-18(19)23(25,26)27)22(32)31-7-1-6-30-13-17(9-16(30)12-31)33-21-11-28-20(10-29-21)14-2-3-14/h4-5,8,10-11,14,16-17H,1-3,6-7,9,12-13H2/t16-,17+/m1/s1. The molecule has 3 aliphatic rings. The Labute approximate surface area is 188 Å². The predicted molar refractivity (Wildman–Crippen MR) is 110 cm³/mol. The van der Waals surface area contributed by atoms with Gasteiger partial charge in [-0.1, -0.05) is 0 Å². The van der Waals surface area contributed by atoms with E-state index < -0.39 is 23.5 Å². The lowest BCUT2D eigenvalue weighted by atomic mass is 10.1. The molecule has 33 heavy (non-hydrogen) atoms. The lowest BCUT2D eigenvalue weighted by Crippen LogP contribution is -2.39. The Kier molecular flexibility index (Phi) is 5.72. The highest BCUT2D eigenvalue weighted by molar-refractivity contribution is 5.94. The van der Waals surface area contributed by atoms with Crippen LogP contribution in [0.25, 0.3) is 0 Å². The van der Waals surface area contributed by atoms with Crippen LogP contribution in [0.15, 0.2) is 30.6 Å². The van der Waals surface area contributed by atoms with Crippen LogP contribution in [-0.2, 0) is 6.18 Å². The van der Waals surface area contributed by atoms with Crippen LogP contribution in [0.5, 0.6) is 5.88 Å². The monoisotopic (exact) mass is 464 g/mol. The van der Waals surface area contributed by atoms with Crippen molar-refractivity contribution in [2.45, 2.75) is 49.9 Å². The highest BCUT2D eigenvalue weighted by Gasteiger charge is 2.38. The summed E-state index contributed by atoms with van der Waals surface area (Å²) in [4.78, 5) is 25.6. The van der Waals surface area contributed by atoms with E-state index >= 15 is 0 Å². The zero-order valence-corrected chi connectivity index (χ0v) is 17.9. The van der Waals surface area contributed by atoms with Crippen molar-refractivity contribution in [1.82, 2.24) is 19.8 Å². The average Bonchev–Trinajstić information content (AvgIpc) is 3.58. The molecule has 3 fully saturated rings. The van der Waals surface area contributed by atoms with E-state index in [4.69, 9.17) is 4.74 Å². The van der Waals surface area contributed by atoms with Crippen molar-refractivity contribution in [3.63, 3.8) is 0 Å². The third-order valence-corrected chi connectivity index (χ3v) is 6.53. The summed E-state index contributed by atoms with van der Waals surface area (Å²) in [5, 5.41) is 0. The molecule has 1 aromatic carbocycles. The van der Waals surface area contributed by atoms with Crippen molar-refractivity contribution in [3.05, 3.63) is 53.2 Å². The van der Waals surface area contributed by atoms with Crippen molar-refractivity contribution in [3.8, 4) is 5.88 Å². The summed E-state index contributed by atoms with van der Waals surface area (Å²) < 4.78 is 58.8. The number of hydrogen-bond acceptors (Lipinski definition) is 5. The van der Waals surface area contributed by atoms with Crippen molar-refractivity contribution in [2.24, 2.45) is 0 Å². The summed E-state index contributed by atoms with van der Waals surface area (Å²) in [7, 11) is 0. The Bertz CT molecular complexity index is 1030. The molecule has 2 aliphatic heterocycles. The molecule has 10 heteroatoms. The van der Waals surface area contributed by atoms with E-state index in [2.05, 4.69) is 14.9 Å². The second-order valence-corrected chi connectivity index (χ2v) is 8.98. The van der Waals surface area contributed by atoms with E-state index in [0.29, 0.717) is 56.4 Å². The molecule has 1 aliphatic carbocycles. The minimum atomic E-state index is -4.86. The third-order valence-electron chi connectivity index (χ3n) is 6.53. The number of halogens is 4. The Morgan fingerprint density at radius 2 is 1.91 bits per heavy atom. The van der Waals surface area contributed by atoms with Crippen molar-refractivity contribution < 1.29 is 27.1 Å². The maximum Gasteiger partial charge on any atom is 0.419 e. The van der Waals surface area contributed by atoms with Gasteiger partial charge >= 0.3 is 6.18 Å². The van der Waals surface area contributed by atoms with Crippen LogP contribution in [0.3, 0.4) is 0 Å². The summed E-state index contributed by atoms with van der Waals surface area (Å²) in [5.74, 6) is -0.910. The predicted octanol–water partition coefficient (Wildman–Crippen LogP) is 3.88. The van der Waals surface area contributed by atoms with Gasteiger partial charge in [-0.05, 0) is 37.5 Å². The molecule has 176 valence electrons. The Hall–Kier alpha value is -2.75. The molecule has 0 spiro atoms. The van der Waals surface area contributed by atoms with Gasteiger partial charge in [-0.2, -0.15) is 13.2 Å². The summed E-state index contributed by atoms with van der Waals surface area (Å²) in [6.45, 7) is 2.26. The first-order valence-electron chi connectivity index (χ1n) is 11.2. The van der Waals surface area contributed by atoms with E-state index in [9.17, 15) is 22.4 Å². The van der Waals surface area contributed by atoms with Gasteiger partial charge in [0.05, 0.1) is 23.7 Å². The molecular weight excluding hydrogens is 440 g/mol. The highest BCUT2D eigenvalue weighted by Crippen LogP contribution is 2.38. The molecular formula is C23H24F4N4O2. The summed E-state index contributed by atoms with van der Waals surface area (Å²) in [6, 6.07) is 2.45. The van der Waals surface area contributed by atoms with Gasteiger partial charge < -0.3 is 9.64 Å². The van der Waals surface area contributed by atoms with Gasteiger partial charge in [0.2, 0.25) is 5.88 Å². The van der Waals surface area contributed by atoms with E-state index in [1.165, 1.54) is 0 Å². The maximum atomic E-state index is 13.6. The second kappa shape index (κ2) is 8.55. The van der Waals surface area contributed by atoms with Crippen LogP contribution in [-0.4, -0.2) is 64.0 Å². The number of benzene rings is 1. The number of hydrogen-bond donors (Lipinski definition) is 0. The van der Waals surface area contributed by atoms with Crippen LogP contribution in [0.1, 0.15) is 53.2 Å². The smallest absolute Gasteiger partial charge is 0.419 e. The zero-order valence-electron chi connectivity index (χ0n) is 17.9. The number of amides is 1. The van der Waals surface area contributed by atoms with Gasteiger partial charge in [0.1, 0.15) is 11.9 Å². The SMILES string of the molecule is O=C(c1ccc(F)c(C(F)(F)F)c1)N1CCCN2C[C@@H](Oc3cnc(C4CC4)cn3)C[C@@H]2C1. The quantitative estimate of drug-likeness (QED) is 0.643. The lowest BCUT2D eigenvalue weighted by Gasteiger charge is -2.25. The number of carbonyl (C=O) groups excluding carboxylic acids is 1. The van der Waals surface area contributed by atoms with E-state index in [-0.39, 0.29) is 17.7 Å². The number of alkyl halides is 3. The first-order chi connectivity index (χ1) is 15.8. The zero-order chi connectivity index (χ0) is 23.2. The molecule has 0 radical (unpaired) electrons. The molecule has 6 nitrogen and oxygen atoms in total. The van der Waals surface area contributed by atoms with Gasteiger partial charge in [0.15, 0.2) is 0 Å². The van der Waals surface area contributed by atoms with Crippen LogP contribution in [0.4, 0.5) is 17.6 Å². The minimum Gasteiger partial charge on any atom is -0.472 e.